The Hall–Kier alpha value is -2.26. The lowest BCUT2D eigenvalue weighted by atomic mass is 10.0. The van der Waals surface area contributed by atoms with Crippen LogP contribution in [0.3, 0.4) is 0 Å². The molecule has 162 valence electrons. The van der Waals surface area contributed by atoms with E-state index in [0.717, 1.165) is 61.9 Å². The Kier molecular flexibility index (Phi) is 5.44. The molecule has 3 heterocycles. The highest BCUT2D eigenvalue weighted by Crippen LogP contribution is 2.36. The summed E-state index contributed by atoms with van der Waals surface area (Å²) in [6.07, 6.45) is 3.89. The molecule has 1 fully saturated rings. The topological polar surface area (TPSA) is 53.1 Å². The van der Waals surface area contributed by atoms with Gasteiger partial charge in [0, 0.05) is 61.6 Å². The third-order valence-corrected chi connectivity index (χ3v) is 5.71. The number of hydrogen-bond donors (Lipinski definition) is 2. The van der Waals surface area contributed by atoms with Gasteiger partial charge >= 0.3 is 0 Å². The molecule has 1 aromatic carbocycles. The van der Waals surface area contributed by atoms with Crippen LogP contribution in [-0.2, 0) is 24.9 Å². The second-order valence-corrected chi connectivity index (χ2v) is 8.25. The van der Waals surface area contributed by atoms with E-state index in [-0.39, 0.29) is 11.6 Å². The number of rotatable bonds is 5. The highest BCUT2D eigenvalue weighted by Gasteiger charge is 2.31. The van der Waals surface area contributed by atoms with Crippen molar-refractivity contribution in [3.63, 3.8) is 0 Å². The molecule has 5 nitrogen and oxygen atoms in total. The molecule has 4 rings (SSSR count). The number of fused-ring (bicyclic) bond motifs is 1. The van der Waals surface area contributed by atoms with Crippen LogP contribution in [0.1, 0.15) is 49.1 Å². The fourth-order valence-corrected chi connectivity index (χ4v) is 4.00. The standard InChI is InChI=1S/C21H25F4N5/c1-20(22,23)14-7-15(21(2,24)25)9-16(8-14)28-19-27-10-13-11-30(12-18(13)29-19)17-3-5-26-6-4-17/h7-10,17,26H,3-6,11-12H2,1-2H3,(H,27,28,29). The van der Waals surface area contributed by atoms with Crippen molar-refractivity contribution in [2.45, 2.75) is 57.7 Å². The first-order valence-corrected chi connectivity index (χ1v) is 10.1. The molecule has 9 heteroatoms. The van der Waals surface area contributed by atoms with E-state index in [4.69, 9.17) is 0 Å². The van der Waals surface area contributed by atoms with Crippen LogP contribution in [0, 0.1) is 0 Å². The number of benzene rings is 1. The molecule has 2 N–H and O–H groups in total. The van der Waals surface area contributed by atoms with Gasteiger partial charge in [-0.15, -0.1) is 0 Å². The summed E-state index contributed by atoms with van der Waals surface area (Å²) in [5.74, 6) is -6.28. The van der Waals surface area contributed by atoms with Gasteiger partial charge < -0.3 is 10.6 Å². The lowest BCUT2D eigenvalue weighted by Gasteiger charge is -2.30. The van der Waals surface area contributed by atoms with Crippen molar-refractivity contribution < 1.29 is 17.6 Å². The van der Waals surface area contributed by atoms with Crippen molar-refractivity contribution in [3.05, 3.63) is 46.8 Å². The molecule has 2 aliphatic heterocycles. The van der Waals surface area contributed by atoms with E-state index in [0.29, 0.717) is 26.4 Å². The summed E-state index contributed by atoms with van der Waals surface area (Å²) >= 11 is 0. The molecule has 0 unspecified atom stereocenters. The van der Waals surface area contributed by atoms with E-state index in [1.165, 1.54) is 0 Å². The SMILES string of the molecule is CC(F)(F)c1cc(Nc2ncc3c(n2)CN(C2CCNCC2)C3)cc(C(C)(F)F)c1. The zero-order valence-corrected chi connectivity index (χ0v) is 17.0. The lowest BCUT2D eigenvalue weighted by Crippen LogP contribution is -2.40. The number of piperidine rings is 1. The highest BCUT2D eigenvalue weighted by molar-refractivity contribution is 5.57. The third kappa shape index (κ3) is 4.57. The Labute approximate surface area is 172 Å². The first-order chi connectivity index (χ1) is 14.1. The van der Waals surface area contributed by atoms with Crippen LogP contribution in [0.4, 0.5) is 29.2 Å². The number of halogens is 4. The zero-order chi connectivity index (χ0) is 21.5. The summed E-state index contributed by atoms with van der Waals surface area (Å²) < 4.78 is 55.3. The molecular formula is C21H25F4N5. The summed E-state index contributed by atoms with van der Waals surface area (Å²) in [5.41, 5.74) is 1.06. The number of nitrogens with one attached hydrogen (secondary N) is 2. The lowest BCUT2D eigenvalue weighted by molar-refractivity contribution is 0.0107. The molecule has 0 radical (unpaired) electrons. The molecule has 0 atom stereocenters. The Morgan fingerprint density at radius 2 is 1.63 bits per heavy atom. The van der Waals surface area contributed by atoms with Crippen molar-refractivity contribution >= 4 is 11.6 Å². The fourth-order valence-electron chi connectivity index (χ4n) is 4.00. The Morgan fingerprint density at radius 3 is 2.23 bits per heavy atom. The Balaban J connectivity index is 1.56. The molecule has 1 saturated heterocycles. The zero-order valence-electron chi connectivity index (χ0n) is 17.0. The fraction of sp³-hybridized carbons (Fsp3) is 0.524. The number of hydrogen-bond acceptors (Lipinski definition) is 5. The third-order valence-electron chi connectivity index (χ3n) is 5.71. The molecule has 2 aromatic rings. The Morgan fingerprint density at radius 1 is 1.00 bits per heavy atom. The molecule has 0 spiro atoms. The Bertz CT molecular complexity index is 884. The highest BCUT2D eigenvalue weighted by atomic mass is 19.3. The van der Waals surface area contributed by atoms with Gasteiger partial charge in [-0.2, -0.15) is 0 Å². The van der Waals surface area contributed by atoms with E-state index in [1.54, 1.807) is 6.20 Å². The second kappa shape index (κ2) is 7.77. The molecular weight excluding hydrogens is 398 g/mol. The van der Waals surface area contributed by atoms with Crippen LogP contribution < -0.4 is 10.6 Å². The van der Waals surface area contributed by atoms with E-state index in [2.05, 4.69) is 25.5 Å². The van der Waals surface area contributed by atoms with Crippen molar-refractivity contribution in [2.75, 3.05) is 18.4 Å². The minimum Gasteiger partial charge on any atom is -0.324 e. The minimum atomic E-state index is -3.24. The van der Waals surface area contributed by atoms with Gasteiger partial charge in [0.2, 0.25) is 5.95 Å². The molecule has 30 heavy (non-hydrogen) atoms. The van der Waals surface area contributed by atoms with Gasteiger partial charge in [-0.3, -0.25) is 4.90 Å². The largest absolute Gasteiger partial charge is 0.324 e. The van der Waals surface area contributed by atoms with Crippen LogP contribution in [0.15, 0.2) is 24.4 Å². The molecule has 0 bridgehead atoms. The van der Waals surface area contributed by atoms with Crippen LogP contribution >= 0.6 is 0 Å². The van der Waals surface area contributed by atoms with Gasteiger partial charge in [-0.1, -0.05) is 0 Å². The molecule has 0 amide bonds. The van der Waals surface area contributed by atoms with Gasteiger partial charge in [-0.05, 0) is 44.1 Å². The van der Waals surface area contributed by atoms with E-state index >= 15 is 0 Å². The van der Waals surface area contributed by atoms with Crippen LogP contribution in [0.5, 0.6) is 0 Å². The number of nitrogens with zero attached hydrogens (tertiary/aromatic N) is 3. The maximum absolute atomic E-state index is 13.8. The van der Waals surface area contributed by atoms with Gasteiger partial charge in [0.25, 0.3) is 11.8 Å². The molecule has 0 saturated carbocycles. The van der Waals surface area contributed by atoms with E-state index < -0.39 is 23.0 Å². The van der Waals surface area contributed by atoms with Gasteiger partial charge in [0.05, 0.1) is 5.69 Å². The van der Waals surface area contributed by atoms with Crippen LogP contribution in [-0.4, -0.2) is 34.0 Å². The maximum atomic E-state index is 13.8. The van der Waals surface area contributed by atoms with E-state index in [9.17, 15) is 17.6 Å². The molecule has 0 aliphatic carbocycles. The number of alkyl halides is 4. The average molecular weight is 423 g/mol. The van der Waals surface area contributed by atoms with E-state index in [1.807, 2.05) is 0 Å². The predicted molar refractivity (Wildman–Crippen MR) is 106 cm³/mol. The quantitative estimate of drug-likeness (QED) is 0.693. The average Bonchev–Trinajstić information content (AvgIpc) is 3.10. The first-order valence-electron chi connectivity index (χ1n) is 10.1. The van der Waals surface area contributed by atoms with Crippen molar-refractivity contribution in [2.24, 2.45) is 0 Å². The van der Waals surface area contributed by atoms with Crippen LogP contribution in [0.25, 0.3) is 0 Å². The smallest absolute Gasteiger partial charge is 0.270 e. The monoisotopic (exact) mass is 423 g/mol. The van der Waals surface area contributed by atoms with Crippen LogP contribution in [0.2, 0.25) is 0 Å². The van der Waals surface area contributed by atoms with Crippen molar-refractivity contribution in [1.82, 2.24) is 20.2 Å². The minimum absolute atomic E-state index is 0.110. The summed E-state index contributed by atoms with van der Waals surface area (Å²) in [4.78, 5) is 11.2. The molecule has 2 aliphatic rings. The number of anilines is 2. The summed E-state index contributed by atoms with van der Waals surface area (Å²) in [5, 5.41) is 6.19. The van der Waals surface area contributed by atoms with Crippen molar-refractivity contribution in [3.8, 4) is 0 Å². The van der Waals surface area contributed by atoms with Gasteiger partial charge in [0.15, 0.2) is 0 Å². The normalized spacial score (nSPS) is 18.5. The number of aromatic nitrogens is 2. The summed E-state index contributed by atoms with van der Waals surface area (Å²) in [6.45, 7) is 4.85. The van der Waals surface area contributed by atoms with Crippen molar-refractivity contribution in [1.29, 1.82) is 0 Å². The molecule has 1 aromatic heterocycles. The van der Waals surface area contributed by atoms with Gasteiger partial charge in [-0.25, -0.2) is 27.5 Å². The predicted octanol–water partition coefficient (Wildman–Crippen LogP) is 4.51. The summed E-state index contributed by atoms with van der Waals surface area (Å²) in [6, 6.07) is 3.65. The second-order valence-electron chi connectivity index (χ2n) is 8.25. The first kappa shape index (κ1) is 21.0. The maximum Gasteiger partial charge on any atom is 0.270 e. The summed E-state index contributed by atoms with van der Waals surface area (Å²) in [7, 11) is 0. The van der Waals surface area contributed by atoms with Gasteiger partial charge in [0.1, 0.15) is 0 Å².